The Labute approximate surface area is 105 Å². The van der Waals surface area contributed by atoms with E-state index >= 15 is 0 Å². The highest BCUT2D eigenvalue weighted by atomic mass is 16.4. The van der Waals surface area contributed by atoms with Crippen molar-refractivity contribution in [3.05, 3.63) is 23.7 Å². The second-order valence-corrected chi connectivity index (χ2v) is 5.04. The predicted octanol–water partition coefficient (Wildman–Crippen LogP) is 2.43. The maximum atomic E-state index is 12.0. The number of carboxylic acids is 1. The fourth-order valence-corrected chi connectivity index (χ4v) is 2.44. The monoisotopic (exact) mass is 251 g/mol. The van der Waals surface area contributed by atoms with Gasteiger partial charge in [-0.15, -0.1) is 0 Å². The molecule has 0 aromatic carbocycles. The molecule has 0 aliphatic heterocycles. The number of rotatable bonds is 3. The number of furan rings is 1. The van der Waals surface area contributed by atoms with Crippen molar-refractivity contribution < 1.29 is 19.1 Å². The van der Waals surface area contributed by atoms with E-state index in [-0.39, 0.29) is 16.9 Å². The third kappa shape index (κ3) is 2.55. The number of carboxylic acid groups (broad SMARTS) is 1. The van der Waals surface area contributed by atoms with E-state index in [1.807, 2.05) is 6.92 Å². The Hall–Kier alpha value is -1.78. The minimum absolute atomic E-state index is 0.0908. The van der Waals surface area contributed by atoms with Gasteiger partial charge in [-0.05, 0) is 25.8 Å². The van der Waals surface area contributed by atoms with E-state index in [1.165, 1.54) is 18.8 Å². The number of aromatic carboxylic acids is 1. The summed E-state index contributed by atoms with van der Waals surface area (Å²) in [6.07, 6.45) is 6.42. The van der Waals surface area contributed by atoms with E-state index in [4.69, 9.17) is 9.52 Å². The second kappa shape index (κ2) is 4.84. The van der Waals surface area contributed by atoms with Gasteiger partial charge in [-0.1, -0.05) is 19.3 Å². The molecule has 0 atom stereocenters. The van der Waals surface area contributed by atoms with Crippen molar-refractivity contribution in [2.45, 2.75) is 44.6 Å². The summed E-state index contributed by atoms with van der Waals surface area (Å²) in [5, 5.41) is 11.8. The van der Waals surface area contributed by atoms with Gasteiger partial charge in [-0.25, -0.2) is 4.79 Å². The van der Waals surface area contributed by atoms with Crippen molar-refractivity contribution in [2.75, 3.05) is 0 Å². The molecule has 18 heavy (non-hydrogen) atoms. The molecule has 98 valence electrons. The van der Waals surface area contributed by atoms with Crippen LogP contribution in [0.15, 0.2) is 16.7 Å². The van der Waals surface area contributed by atoms with E-state index < -0.39 is 11.9 Å². The van der Waals surface area contributed by atoms with Gasteiger partial charge < -0.3 is 14.8 Å². The number of nitrogens with one attached hydrogen (secondary N) is 1. The molecule has 2 rings (SSSR count). The van der Waals surface area contributed by atoms with Crippen LogP contribution in [0.3, 0.4) is 0 Å². The number of hydrogen-bond acceptors (Lipinski definition) is 3. The Bertz CT molecular complexity index is 457. The zero-order valence-electron chi connectivity index (χ0n) is 10.4. The third-order valence-electron chi connectivity index (χ3n) is 3.47. The molecule has 1 heterocycles. The lowest BCUT2D eigenvalue weighted by atomic mass is 9.83. The molecule has 1 aliphatic carbocycles. The zero-order valence-corrected chi connectivity index (χ0v) is 10.4. The molecule has 1 aliphatic rings. The first-order chi connectivity index (χ1) is 8.52. The quantitative estimate of drug-likeness (QED) is 0.864. The van der Waals surface area contributed by atoms with Crippen LogP contribution in [0.5, 0.6) is 0 Å². The molecule has 1 aromatic heterocycles. The predicted molar refractivity (Wildman–Crippen MR) is 64.6 cm³/mol. The van der Waals surface area contributed by atoms with Crippen LogP contribution in [-0.2, 0) is 0 Å². The molecule has 2 N–H and O–H groups in total. The fraction of sp³-hybridized carbons (Fsp3) is 0.538. The summed E-state index contributed by atoms with van der Waals surface area (Å²) in [4.78, 5) is 23.0. The first-order valence-electron chi connectivity index (χ1n) is 6.15. The summed E-state index contributed by atoms with van der Waals surface area (Å²) in [6.45, 7) is 1.99. The van der Waals surface area contributed by atoms with Crippen LogP contribution in [0.1, 0.15) is 59.9 Å². The second-order valence-electron chi connectivity index (χ2n) is 5.04. The molecule has 0 bridgehead atoms. The van der Waals surface area contributed by atoms with E-state index in [1.54, 1.807) is 0 Å². The van der Waals surface area contributed by atoms with E-state index in [0.29, 0.717) is 0 Å². The van der Waals surface area contributed by atoms with Gasteiger partial charge in [0.05, 0.1) is 6.26 Å². The lowest BCUT2D eigenvalue weighted by molar-refractivity contribution is 0.0684. The van der Waals surface area contributed by atoms with Gasteiger partial charge in [0.25, 0.3) is 5.91 Å². The number of amides is 1. The standard InChI is InChI=1S/C13H17NO4/c1-13(6-3-2-4-7-13)14-11(15)10-9(12(16)17)5-8-18-10/h5,8H,2-4,6-7H2,1H3,(H,14,15)(H,16,17). The minimum Gasteiger partial charge on any atom is -0.478 e. The molecule has 1 fully saturated rings. The van der Waals surface area contributed by atoms with Gasteiger partial charge in [0, 0.05) is 5.54 Å². The van der Waals surface area contributed by atoms with Gasteiger partial charge in [-0.3, -0.25) is 4.79 Å². The van der Waals surface area contributed by atoms with Crippen LogP contribution in [-0.4, -0.2) is 22.5 Å². The molecule has 0 saturated heterocycles. The SMILES string of the molecule is CC1(NC(=O)c2occc2C(=O)O)CCCCC1. The molecule has 1 amide bonds. The van der Waals surface area contributed by atoms with Crippen molar-refractivity contribution in [3.8, 4) is 0 Å². The number of carbonyl (C=O) groups excluding carboxylic acids is 1. The van der Waals surface area contributed by atoms with E-state index in [2.05, 4.69) is 5.32 Å². The first kappa shape index (κ1) is 12.7. The fourth-order valence-electron chi connectivity index (χ4n) is 2.44. The van der Waals surface area contributed by atoms with Crippen LogP contribution in [0, 0.1) is 0 Å². The summed E-state index contributed by atoms with van der Waals surface area (Å²) < 4.78 is 4.98. The van der Waals surface area contributed by atoms with Gasteiger partial charge in [0.1, 0.15) is 5.56 Å². The lowest BCUT2D eigenvalue weighted by Gasteiger charge is -2.34. The van der Waals surface area contributed by atoms with Gasteiger partial charge in [-0.2, -0.15) is 0 Å². The molecule has 1 saturated carbocycles. The van der Waals surface area contributed by atoms with E-state index in [0.717, 1.165) is 25.7 Å². The Morgan fingerprint density at radius 2 is 2.00 bits per heavy atom. The maximum absolute atomic E-state index is 12.0. The van der Waals surface area contributed by atoms with Crippen molar-refractivity contribution in [1.29, 1.82) is 0 Å². The first-order valence-corrected chi connectivity index (χ1v) is 6.15. The lowest BCUT2D eigenvalue weighted by Crippen LogP contribution is -2.47. The Balaban J connectivity index is 2.11. The zero-order chi connectivity index (χ0) is 13.2. The largest absolute Gasteiger partial charge is 0.478 e. The topological polar surface area (TPSA) is 79.5 Å². The van der Waals surface area contributed by atoms with Crippen molar-refractivity contribution in [2.24, 2.45) is 0 Å². The Morgan fingerprint density at radius 3 is 2.61 bits per heavy atom. The van der Waals surface area contributed by atoms with Crippen LogP contribution in [0.25, 0.3) is 0 Å². The summed E-state index contributed by atoms with van der Waals surface area (Å²) in [6, 6.07) is 1.29. The molecule has 5 heteroatoms. The Morgan fingerprint density at radius 1 is 1.33 bits per heavy atom. The molecule has 0 spiro atoms. The van der Waals surface area contributed by atoms with Gasteiger partial charge >= 0.3 is 5.97 Å². The minimum atomic E-state index is -1.15. The average Bonchev–Trinajstić information content (AvgIpc) is 2.78. The smallest absolute Gasteiger partial charge is 0.339 e. The maximum Gasteiger partial charge on any atom is 0.339 e. The highest BCUT2D eigenvalue weighted by molar-refractivity contribution is 6.02. The van der Waals surface area contributed by atoms with Crippen molar-refractivity contribution in [1.82, 2.24) is 5.32 Å². The molecule has 5 nitrogen and oxygen atoms in total. The molecular weight excluding hydrogens is 234 g/mol. The molecule has 0 unspecified atom stereocenters. The molecule has 0 radical (unpaired) electrons. The third-order valence-corrected chi connectivity index (χ3v) is 3.47. The highest BCUT2D eigenvalue weighted by Gasteiger charge is 2.31. The van der Waals surface area contributed by atoms with Crippen LogP contribution >= 0.6 is 0 Å². The van der Waals surface area contributed by atoms with Crippen LogP contribution < -0.4 is 5.32 Å². The highest BCUT2D eigenvalue weighted by Crippen LogP contribution is 2.28. The summed E-state index contributed by atoms with van der Waals surface area (Å²) in [5.74, 6) is -1.71. The molecular formula is C13H17NO4. The van der Waals surface area contributed by atoms with E-state index in [9.17, 15) is 9.59 Å². The van der Waals surface area contributed by atoms with Crippen LogP contribution in [0.2, 0.25) is 0 Å². The number of hydrogen-bond donors (Lipinski definition) is 2. The van der Waals surface area contributed by atoms with Crippen LogP contribution in [0.4, 0.5) is 0 Å². The van der Waals surface area contributed by atoms with Gasteiger partial charge in [0.2, 0.25) is 5.76 Å². The van der Waals surface area contributed by atoms with Gasteiger partial charge in [0.15, 0.2) is 0 Å². The summed E-state index contributed by atoms with van der Waals surface area (Å²) in [7, 11) is 0. The van der Waals surface area contributed by atoms with Crippen molar-refractivity contribution in [3.63, 3.8) is 0 Å². The summed E-state index contributed by atoms with van der Waals surface area (Å²) in [5.41, 5.74) is -0.343. The summed E-state index contributed by atoms with van der Waals surface area (Å²) >= 11 is 0. The normalized spacial score (nSPS) is 18.3. The number of carbonyl (C=O) groups is 2. The average molecular weight is 251 g/mol. The Kier molecular flexibility index (Phi) is 3.41. The molecule has 1 aromatic rings. The van der Waals surface area contributed by atoms with Crippen molar-refractivity contribution >= 4 is 11.9 Å².